The van der Waals surface area contributed by atoms with Crippen molar-refractivity contribution in [3.8, 4) is 0 Å². The Morgan fingerprint density at radius 1 is 1.06 bits per heavy atom. The van der Waals surface area contributed by atoms with Gasteiger partial charge in [0.15, 0.2) is 0 Å². The summed E-state index contributed by atoms with van der Waals surface area (Å²) >= 11 is 1.35. The number of carbonyl (C=O) groups is 2. The first kappa shape index (κ1) is 22.3. The number of benzene rings is 2. The highest BCUT2D eigenvalue weighted by Crippen LogP contribution is 2.15. The summed E-state index contributed by atoms with van der Waals surface area (Å²) in [4.78, 5) is 41.9. The van der Waals surface area contributed by atoms with Crippen LogP contribution in [-0.4, -0.2) is 26.5 Å². The topological polar surface area (TPSA) is 103 Å². The van der Waals surface area contributed by atoms with E-state index in [0.717, 1.165) is 23.4 Å². The monoisotopic (exact) mass is 462 g/mol. The molecule has 4 rings (SSSR count). The Hall–Kier alpha value is -3.85. The van der Waals surface area contributed by atoms with Crippen molar-refractivity contribution in [3.63, 3.8) is 0 Å². The highest BCUT2D eigenvalue weighted by Gasteiger charge is 2.12. The van der Waals surface area contributed by atoms with Gasteiger partial charge < -0.3 is 10.1 Å². The molecule has 0 aliphatic rings. The second kappa shape index (κ2) is 9.74. The van der Waals surface area contributed by atoms with E-state index in [-0.39, 0.29) is 18.1 Å². The molecule has 0 aliphatic heterocycles. The van der Waals surface area contributed by atoms with Gasteiger partial charge in [-0.1, -0.05) is 36.0 Å². The molecule has 1 amide bonds. The summed E-state index contributed by atoms with van der Waals surface area (Å²) in [6.45, 7) is 3.87. The summed E-state index contributed by atoms with van der Waals surface area (Å²) in [5.41, 5.74) is 2.56. The fraction of sp³-hybridized carbons (Fsp3) is 0.208. The second-order valence-electron chi connectivity index (χ2n) is 7.50. The van der Waals surface area contributed by atoms with Crippen LogP contribution in [0, 0.1) is 6.92 Å². The molecule has 8 nitrogen and oxygen atoms in total. The minimum Gasteiger partial charge on any atom is -0.456 e. The smallest absolute Gasteiger partial charge is 0.338 e. The molecule has 2 aromatic carbocycles. The number of rotatable bonds is 7. The van der Waals surface area contributed by atoms with E-state index >= 15 is 0 Å². The summed E-state index contributed by atoms with van der Waals surface area (Å²) in [6, 6.07) is 15.0. The minimum absolute atomic E-state index is 0.127. The Morgan fingerprint density at radius 3 is 2.45 bits per heavy atom. The molecule has 2 aromatic heterocycles. The second-order valence-corrected chi connectivity index (χ2v) is 8.54. The maximum Gasteiger partial charge on any atom is 0.338 e. The van der Waals surface area contributed by atoms with Gasteiger partial charge in [-0.2, -0.15) is 9.61 Å². The molecule has 0 unspecified atom stereocenters. The number of aryl methyl sites for hydroxylation is 2. The van der Waals surface area contributed by atoms with Crippen LogP contribution in [-0.2, 0) is 17.8 Å². The quantitative estimate of drug-likeness (QED) is 0.416. The van der Waals surface area contributed by atoms with Crippen molar-refractivity contribution in [2.75, 3.05) is 5.32 Å². The van der Waals surface area contributed by atoms with E-state index in [1.165, 1.54) is 21.9 Å². The van der Waals surface area contributed by atoms with Gasteiger partial charge >= 0.3 is 5.97 Å². The Bertz CT molecular complexity index is 1360. The number of fused-ring (bicyclic) bond motifs is 1. The van der Waals surface area contributed by atoms with E-state index in [9.17, 15) is 14.4 Å². The van der Waals surface area contributed by atoms with Gasteiger partial charge in [-0.15, -0.1) is 0 Å². The van der Waals surface area contributed by atoms with Gasteiger partial charge in [-0.25, -0.2) is 9.78 Å². The number of hydrogen-bond donors (Lipinski definition) is 1. The predicted octanol–water partition coefficient (Wildman–Crippen LogP) is 4.02. The number of esters is 1. The fourth-order valence-corrected chi connectivity index (χ4v) is 4.12. The highest BCUT2D eigenvalue weighted by atomic mass is 32.1. The molecule has 0 atom stereocenters. The van der Waals surface area contributed by atoms with Crippen molar-refractivity contribution in [3.05, 3.63) is 92.3 Å². The lowest BCUT2D eigenvalue weighted by Crippen LogP contribution is -2.16. The van der Waals surface area contributed by atoms with E-state index < -0.39 is 5.97 Å². The molecule has 9 heteroatoms. The summed E-state index contributed by atoms with van der Waals surface area (Å²) in [5, 5.41) is 7.89. The number of nitrogens with one attached hydrogen (secondary N) is 1. The average Bonchev–Trinajstić information content (AvgIpc) is 3.22. The van der Waals surface area contributed by atoms with Crippen molar-refractivity contribution in [2.45, 2.75) is 33.3 Å². The van der Waals surface area contributed by atoms with E-state index in [1.54, 1.807) is 36.4 Å². The normalized spacial score (nSPS) is 10.8. The van der Waals surface area contributed by atoms with Gasteiger partial charge in [0.05, 0.1) is 11.3 Å². The Kier molecular flexibility index (Phi) is 6.60. The molecule has 168 valence electrons. The van der Waals surface area contributed by atoms with Gasteiger partial charge in [0, 0.05) is 23.7 Å². The first-order valence-corrected chi connectivity index (χ1v) is 11.3. The fourth-order valence-electron chi connectivity index (χ4n) is 3.11. The van der Waals surface area contributed by atoms with Gasteiger partial charge in [0.25, 0.3) is 11.5 Å². The lowest BCUT2D eigenvalue weighted by molar-refractivity contribution is 0.0467. The third kappa shape index (κ3) is 5.32. The van der Waals surface area contributed by atoms with E-state index in [2.05, 4.69) is 15.4 Å². The number of nitrogens with zero attached hydrogens (tertiary/aromatic N) is 3. The molecule has 0 fully saturated rings. The van der Waals surface area contributed by atoms with Crippen LogP contribution in [0.2, 0.25) is 0 Å². The summed E-state index contributed by atoms with van der Waals surface area (Å²) < 4.78 is 6.59. The molecule has 0 saturated heterocycles. The van der Waals surface area contributed by atoms with E-state index in [0.29, 0.717) is 27.5 Å². The number of hydrogen-bond acceptors (Lipinski definition) is 7. The van der Waals surface area contributed by atoms with Crippen LogP contribution < -0.4 is 10.9 Å². The van der Waals surface area contributed by atoms with Crippen LogP contribution >= 0.6 is 11.3 Å². The molecule has 2 heterocycles. The van der Waals surface area contributed by atoms with Gasteiger partial charge in [0.2, 0.25) is 4.96 Å². The highest BCUT2D eigenvalue weighted by molar-refractivity contribution is 7.16. The van der Waals surface area contributed by atoms with Crippen molar-refractivity contribution >= 4 is 33.9 Å². The third-order valence-electron chi connectivity index (χ3n) is 4.85. The molecule has 0 aliphatic carbocycles. The van der Waals surface area contributed by atoms with Crippen LogP contribution in [0.3, 0.4) is 0 Å². The molecule has 33 heavy (non-hydrogen) atoms. The predicted molar refractivity (Wildman–Crippen MR) is 126 cm³/mol. The zero-order chi connectivity index (χ0) is 23.4. The maximum absolute atomic E-state index is 12.4. The van der Waals surface area contributed by atoms with Crippen molar-refractivity contribution in [1.29, 1.82) is 0 Å². The lowest BCUT2D eigenvalue weighted by atomic mass is 10.1. The van der Waals surface area contributed by atoms with E-state index in [1.807, 2.05) is 26.0 Å². The van der Waals surface area contributed by atoms with Crippen molar-refractivity contribution in [1.82, 2.24) is 14.6 Å². The standard InChI is InChI=1S/C24H22N4O4S/c1-3-4-20-27-28-21(29)13-19(26-24(28)33-20)14-32-23(31)17-9-11-18(12-10-17)25-22(30)16-7-5-15(2)6-8-16/h5-13H,3-4,14H2,1-2H3,(H,25,30). The number of anilines is 1. The van der Waals surface area contributed by atoms with Crippen LogP contribution in [0.4, 0.5) is 5.69 Å². The summed E-state index contributed by atoms with van der Waals surface area (Å²) in [6.07, 6.45) is 1.70. The molecule has 0 bridgehead atoms. The zero-order valence-electron chi connectivity index (χ0n) is 18.2. The van der Waals surface area contributed by atoms with E-state index in [4.69, 9.17) is 4.74 Å². The SMILES string of the molecule is CCCc1nn2c(=O)cc(COC(=O)c3ccc(NC(=O)c4ccc(C)cc4)cc3)nc2s1. The Morgan fingerprint density at radius 2 is 1.76 bits per heavy atom. The molecule has 1 N–H and O–H groups in total. The first-order chi connectivity index (χ1) is 15.9. The van der Waals surface area contributed by atoms with Crippen LogP contribution in [0.5, 0.6) is 0 Å². The largest absolute Gasteiger partial charge is 0.456 e. The number of ether oxygens (including phenoxy) is 1. The van der Waals surface area contributed by atoms with Crippen LogP contribution in [0.1, 0.15) is 50.3 Å². The van der Waals surface area contributed by atoms with Crippen molar-refractivity contribution in [2.24, 2.45) is 0 Å². The Labute approximate surface area is 193 Å². The molecule has 0 saturated carbocycles. The average molecular weight is 463 g/mol. The number of carbonyl (C=O) groups excluding carboxylic acids is 2. The van der Waals surface area contributed by atoms with Crippen LogP contribution in [0.25, 0.3) is 4.96 Å². The van der Waals surface area contributed by atoms with Crippen molar-refractivity contribution < 1.29 is 14.3 Å². The number of aromatic nitrogens is 3. The van der Waals surface area contributed by atoms with Crippen LogP contribution in [0.15, 0.2) is 59.4 Å². The maximum atomic E-state index is 12.4. The van der Waals surface area contributed by atoms with Gasteiger partial charge in [-0.05, 0) is 49.7 Å². The molecule has 0 spiro atoms. The number of amides is 1. The first-order valence-electron chi connectivity index (χ1n) is 10.5. The molecular formula is C24H22N4O4S. The van der Waals surface area contributed by atoms with Gasteiger partial charge in [0.1, 0.15) is 11.6 Å². The molecule has 0 radical (unpaired) electrons. The lowest BCUT2D eigenvalue weighted by Gasteiger charge is -2.07. The summed E-state index contributed by atoms with van der Waals surface area (Å²) in [5.74, 6) is -0.785. The molecule has 4 aromatic rings. The Balaban J connectivity index is 1.38. The van der Waals surface area contributed by atoms with Gasteiger partial charge in [-0.3, -0.25) is 9.59 Å². The molecular weight excluding hydrogens is 440 g/mol. The third-order valence-corrected chi connectivity index (χ3v) is 5.82. The zero-order valence-corrected chi connectivity index (χ0v) is 19.0. The summed E-state index contributed by atoms with van der Waals surface area (Å²) in [7, 11) is 0. The minimum atomic E-state index is -0.551.